The summed E-state index contributed by atoms with van der Waals surface area (Å²) in [7, 11) is -3.93. The van der Waals surface area contributed by atoms with Crippen molar-refractivity contribution in [1.82, 2.24) is 9.71 Å². The van der Waals surface area contributed by atoms with Crippen LogP contribution in [0.1, 0.15) is 10.6 Å². The molecule has 106 valence electrons. The zero-order valence-corrected chi connectivity index (χ0v) is 12.5. The molecule has 0 amide bonds. The lowest BCUT2D eigenvalue weighted by Gasteiger charge is -2.10. The molecule has 3 N–H and O–H groups in total. The number of nitrogens with two attached hydrogens (primary N) is 1. The highest BCUT2D eigenvalue weighted by molar-refractivity contribution is 7.89. The van der Waals surface area contributed by atoms with Crippen molar-refractivity contribution in [3.05, 3.63) is 46.2 Å². The predicted molar refractivity (Wildman–Crippen MR) is 78.4 cm³/mol. The summed E-state index contributed by atoms with van der Waals surface area (Å²) >= 11 is 6.01. The van der Waals surface area contributed by atoms with E-state index in [0.717, 1.165) is 6.07 Å². The standard InChI is InChI=1S/C11H10FN3O2S3/c12-7-2-1-3-8(10(7)11(13)18)20(16,17)15-6-9-14-4-5-19-9/h1-5,15H,6H2,(H2,13,18). The van der Waals surface area contributed by atoms with Crippen molar-refractivity contribution in [3.63, 3.8) is 0 Å². The summed E-state index contributed by atoms with van der Waals surface area (Å²) in [6.07, 6.45) is 1.57. The summed E-state index contributed by atoms with van der Waals surface area (Å²) in [6.45, 7) is 0.0211. The molecule has 20 heavy (non-hydrogen) atoms. The Bertz CT molecular complexity index is 729. The van der Waals surface area contributed by atoms with Crippen LogP contribution in [0, 0.1) is 5.82 Å². The molecule has 0 aliphatic heterocycles. The van der Waals surface area contributed by atoms with Gasteiger partial charge in [-0.05, 0) is 12.1 Å². The molecule has 2 rings (SSSR count). The summed E-state index contributed by atoms with van der Waals surface area (Å²) in [5.41, 5.74) is 5.11. The summed E-state index contributed by atoms with van der Waals surface area (Å²) in [5.74, 6) is -0.769. The number of thiazole rings is 1. The Morgan fingerprint density at radius 2 is 2.25 bits per heavy atom. The molecule has 0 unspecified atom stereocenters. The van der Waals surface area contributed by atoms with Gasteiger partial charge in [0.2, 0.25) is 10.0 Å². The van der Waals surface area contributed by atoms with Gasteiger partial charge >= 0.3 is 0 Å². The lowest BCUT2D eigenvalue weighted by Crippen LogP contribution is -2.27. The molecule has 0 radical (unpaired) electrons. The number of sulfonamides is 1. The number of hydrogen-bond acceptors (Lipinski definition) is 5. The number of thiocarbonyl (C=S) groups is 1. The smallest absolute Gasteiger partial charge is 0.241 e. The van der Waals surface area contributed by atoms with Crippen molar-refractivity contribution < 1.29 is 12.8 Å². The van der Waals surface area contributed by atoms with E-state index in [2.05, 4.69) is 9.71 Å². The second kappa shape index (κ2) is 5.92. The van der Waals surface area contributed by atoms with E-state index in [1.54, 1.807) is 11.6 Å². The van der Waals surface area contributed by atoms with Gasteiger partial charge in [-0.2, -0.15) is 0 Å². The zero-order chi connectivity index (χ0) is 14.8. The van der Waals surface area contributed by atoms with E-state index in [-0.39, 0.29) is 22.0 Å². The quantitative estimate of drug-likeness (QED) is 0.809. The molecule has 9 heteroatoms. The maximum atomic E-state index is 13.7. The molecule has 0 saturated heterocycles. The number of rotatable bonds is 5. The third-order valence-corrected chi connectivity index (χ3v) is 4.84. The van der Waals surface area contributed by atoms with E-state index in [0.29, 0.717) is 5.01 Å². The fraction of sp³-hybridized carbons (Fsp3) is 0.0909. The van der Waals surface area contributed by atoms with Crippen LogP contribution in [0.15, 0.2) is 34.7 Å². The Morgan fingerprint density at radius 3 is 2.85 bits per heavy atom. The number of benzene rings is 1. The number of aromatic nitrogens is 1. The third kappa shape index (κ3) is 3.18. The van der Waals surface area contributed by atoms with Crippen LogP contribution >= 0.6 is 23.6 Å². The second-order valence-electron chi connectivity index (χ2n) is 3.73. The summed E-state index contributed by atoms with van der Waals surface area (Å²) in [6, 6.07) is 3.64. The van der Waals surface area contributed by atoms with Gasteiger partial charge < -0.3 is 5.73 Å². The first kappa shape index (κ1) is 15.0. The molecule has 1 heterocycles. The lowest BCUT2D eigenvalue weighted by molar-refractivity contribution is 0.576. The maximum absolute atomic E-state index is 13.7. The minimum Gasteiger partial charge on any atom is -0.389 e. The van der Waals surface area contributed by atoms with E-state index in [9.17, 15) is 12.8 Å². The van der Waals surface area contributed by atoms with Gasteiger partial charge in [-0.15, -0.1) is 11.3 Å². The number of nitrogens with one attached hydrogen (secondary N) is 1. The second-order valence-corrected chi connectivity index (χ2v) is 6.88. The Hall–Kier alpha value is -1.42. The van der Waals surface area contributed by atoms with E-state index in [1.165, 1.54) is 23.5 Å². The summed E-state index contributed by atoms with van der Waals surface area (Å²) < 4.78 is 40.4. The molecule has 5 nitrogen and oxygen atoms in total. The van der Waals surface area contributed by atoms with Crippen LogP contribution in [0.2, 0.25) is 0 Å². The minimum atomic E-state index is -3.93. The topological polar surface area (TPSA) is 85.1 Å². The largest absolute Gasteiger partial charge is 0.389 e. The normalized spacial score (nSPS) is 11.4. The van der Waals surface area contributed by atoms with Crippen molar-refractivity contribution in [2.75, 3.05) is 0 Å². The highest BCUT2D eigenvalue weighted by Crippen LogP contribution is 2.19. The molecule has 2 aromatic rings. The third-order valence-electron chi connectivity index (χ3n) is 2.41. The fourth-order valence-corrected chi connectivity index (χ4v) is 3.68. The van der Waals surface area contributed by atoms with Gasteiger partial charge in [0, 0.05) is 11.6 Å². The van der Waals surface area contributed by atoms with Crippen LogP contribution in [0.25, 0.3) is 0 Å². The van der Waals surface area contributed by atoms with Gasteiger partial charge in [0.05, 0.1) is 17.0 Å². The highest BCUT2D eigenvalue weighted by atomic mass is 32.2. The Morgan fingerprint density at radius 1 is 1.50 bits per heavy atom. The number of nitrogens with zero attached hydrogens (tertiary/aromatic N) is 1. The zero-order valence-electron chi connectivity index (χ0n) is 10.0. The van der Waals surface area contributed by atoms with Crippen LogP contribution in [-0.2, 0) is 16.6 Å². The first-order valence-corrected chi connectivity index (χ1v) is 8.15. The molecule has 0 bridgehead atoms. The average molecular weight is 331 g/mol. The number of hydrogen-bond donors (Lipinski definition) is 2. The molecule has 0 saturated carbocycles. The van der Waals surface area contributed by atoms with E-state index >= 15 is 0 Å². The first-order chi connectivity index (χ1) is 9.42. The molecule has 1 aromatic carbocycles. The van der Waals surface area contributed by atoms with Gasteiger partial charge in [0.25, 0.3) is 0 Å². The summed E-state index contributed by atoms with van der Waals surface area (Å²) in [5, 5.41) is 2.33. The fourth-order valence-electron chi connectivity index (χ4n) is 1.54. The van der Waals surface area contributed by atoms with Gasteiger partial charge in [-0.1, -0.05) is 18.3 Å². The Kier molecular flexibility index (Phi) is 4.43. The Labute approximate surface area is 124 Å². The van der Waals surface area contributed by atoms with Crippen LogP contribution in [0.5, 0.6) is 0 Å². The van der Waals surface area contributed by atoms with Crippen LogP contribution in [-0.4, -0.2) is 18.4 Å². The minimum absolute atomic E-state index is 0.0211. The van der Waals surface area contributed by atoms with Crippen molar-refractivity contribution in [3.8, 4) is 0 Å². The summed E-state index contributed by atoms with van der Waals surface area (Å²) in [4.78, 5) is 3.37. The predicted octanol–water partition coefficient (Wildman–Crippen LogP) is 1.39. The Balaban J connectivity index is 2.34. The number of halogens is 1. The molecule has 0 aliphatic rings. The van der Waals surface area contributed by atoms with Crippen LogP contribution in [0.4, 0.5) is 4.39 Å². The highest BCUT2D eigenvalue weighted by Gasteiger charge is 2.22. The molecular formula is C11H10FN3O2S3. The monoisotopic (exact) mass is 331 g/mol. The molecular weight excluding hydrogens is 321 g/mol. The van der Waals surface area contributed by atoms with Crippen LogP contribution in [0.3, 0.4) is 0 Å². The van der Waals surface area contributed by atoms with E-state index in [1.807, 2.05) is 0 Å². The molecule has 0 spiro atoms. The van der Waals surface area contributed by atoms with E-state index < -0.39 is 15.8 Å². The molecule has 1 aromatic heterocycles. The van der Waals surface area contributed by atoms with Gasteiger partial charge in [-0.25, -0.2) is 22.5 Å². The molecule has 0 aliphatic carbocycles. The average Bonchev–Trinajstić information content (AvgIpc) is 2.89. The SMILES string of the molecule is NC(=S)c1c(F)cccc1S(=O)(=O)NCc1nccs1. The lowest BCUT2D eigenvalue weighted by atomic mass is 10.2. The van der Waals surface area contributed by atoms with Crippen LogP contribution < -0.4 is 10.5 Å². The maximum Gasteiger partial charge on any atom is 0.241 e. The van der Waals surface area contributed by atoms with Gasteiger partial charge in [0.15, 0.2) is 0 Å². The van der Waals surface area contributed by atoms with E-state index in [4.69, 9.17) is 18.0 Å². The van der Waals surface area contributed by atoms with Crippen molar-refractivity contribution in [1.29, 1.82) is 0 Å². The molecule has 0 atom stereocenters. The van der Waals surface area contributed by atoms with Gasteiger partial charge in [0.1, 0.15) is 15.8 Å². The van der Waals surface area contributed by atoms with Gasteiger partial charge in [-0.3, -0.25) is 0 Å². The first-order valence-electron chi connectivity index (χ1n) is 5.38. The molecule has 0 fully saturated rings. The van der Waals surface area contributed by atoms with Crippen molar-refractivity contribution in [2.45, 2.75) is 11.4 Å². The van der Waals surface area contributed by atoms with Crippen molar-refractivity contribution in [2.24, 2.45) is 5.73 Å². The van der Waals surface area contributed by atoms with Crippen molar-refractivity contribution >= 4 is 38.6 Å².